The van der Waals surface area contributed by atoms with E-state index in [2.05, 4.69) is 30.4 Å². The predicted octanol–water partition coefficient (Wildman–Crippen LogP) is 9.20. The summed E-state index contributed by atoms with van der Waals surface area (Å²) in [6.07, 6.45) is 10.5. The lowest BCUT2D eigenvalue weighted by atomic mass is 9.77. The topological polar surface area (TPSA) is 472 Å². The first-order valence-electron chi connectivity index (χ1n) is 33.5. The molecule has 568 valence electrons. The number of thiazole rings is 2. The van der Waals surface area contributed by atoms with Gasteiger partial charge >= 0.3 is 65.4 Å². The normalized spacial score (nSPS) is 17.8. The Bertz CT molecular complexity index is 4670. The fourth-order valence-corrected chi connectivity index (χ4v) is 21.4. The van der Waals surface area contributed by atoms with Gasteiger partial charge < -0.3 is 90.1 Å². The zero-order valence-electron chi connectivity index (χ0n) is 58.5. The van der Waals surface area contributed by atoms with Crippen molar-refractivity contribution < 1.29 is 103 Å². The van der Waals surface area contributed by atoms with Crippen LogP contribution in [0.3, 0.4) is 0 Å². The molecular weight excluding hydrogens is 1580 g/mol. The number of nitrogens with two attached hydrogens (primary N) is 2. The van der Waals surface area contributed by atoms with Gasteiger partial charge in [0.2, 0.25) is 10.3 Å². The van der Waals surface area contributed by atoms with E-state index in [1.807, 2.05) is 41.1 Å². The summed E-state index contributed by atoms with van der Waals surface area (Å²) in [5, 5.41) is 118. The van der Waals surface area contributed by atoms with Crippen molar-refractivity contribution in [1.82, 2.24) is 30.4 Å². The number of thioether (sulfide) groups is 5. The third kappa shape index (κ3) is 20.1. The first-order valence-corrected chi connectivity index (χ1v) is 41.5. The van der Waals surface area contributed by atoms with Gasteiger partial charge in [-0.15, -0.1) is 43.1 Å². The molecule has 4 aromatic heterocycles. The number of anilines is 2. The second kappa shape index (κ2) is 37.0. The second-order valence-electron chi connectivity index (χ2n) is 25.1. The zero-order valence-corrected chi connectivity index (χ0v) is 65.8. The maximum atomic E-state index is 11.5. The van der Waals surface area contributed by atoms with Gasteiger partial charge in [0.1, 0.15) is 76.0 Å². The van der Waals surface area contributed by atoms with Crippen LogP contribution in [-0.2, 0) is 38.5 Å². The van der Waals surface area contributed by atoms with Gasteiger partial charge in [-0.25, -0.2) is 33.9 Å². The Morgan fingerprint density at radius 3 is 1.16 bits per heavy atom. The number of hydrogen-bond acceptors (Lipinski definition) is 33. The van der Waals surface area contributed by atoms with E-state index in [-0.39, 0.29) is 82.3 Å². The minimum Gasteiger partial charge on any atom is -0.535 e. The Labute approximate surface area is 662 Å². The summed E-state index contributed by atoms with van der Waals surface area (Å²) in [5.41, 5.74) is 18.0. The van der Waals surface area contributed by atoms with Gasteiger partial charge in [0.25, 0.3) is 0 Å². The Hall–Kier alpha value is -7.90. The quantitative estimate of drug-likeness (QED) is 0.0356. The molecule has 0 spiro atoms. The smallest absolute Gasteiger partial charge is 0.535 e. The largest absolute Gasteiger partial charge is 0.537 e. The lowest BCUT2D eigenvalue weighted by Gasteiger charge is -2.33. The molecule has 109 heavy (non-hydrogen) atoms. The van der Waals surface area contributed by atoms with Crippen molar-refractivity contribution in [3.8, 4) is 34.5 Å². The molecule has 5 aromatic carbocycles. The van der Waals surface area contributed by atoms with Crippen LogP contribution in [0.4, 0.5) is 10.3 Å². The van der Waals surface area contributed by atoms with Crippen LogP contribution < -0.4 is 39.5 Å². The van der Waals surface area contributed by atoms with Crippen molar-refractivity contribution in [2.45, 2.75) is 129 Å². The van der Waals surface area contributed by atoms with Crippen molar-refractivity contribution in [2.24, 2.45) is 0 Å². The van der Waals surface area contributed by atoms with Crippen LogP contribution in [0.25, 0.3) is 0 Å². The summed E-state index contributed by atoms with van der Waals surface area (Å²) >= 11 is 13.1. The van der Waals surface area contributed by atoms with Gasteiger partial charge in [-0.3, -0.25) is 0 Å². The minimum absolute atomic E-state index is 0.00264. The summed E-state index contributed by atoms with van der Waals surface area (Å²) in [6, 6.07) is 17.9. The molecule has 0 radical (unpaired) electrons. The Morgan fingerprint density at radius 2 is 0.817 bits per heavy atom. The Balaban J connectivity index is 0.000000136. The highest BCUT2D eigenvalue weighted by molar-refractivity contribution is 8.03. The van der Waals surface area contributed by atoms with Crippen molar-refractivity contribution in [2.75, 3.05) is 24.3 Å². The van der Waals surface area contributed by atoms with Gasteiger partial charge in [-0.1, -0.05) is 119 Å². The number of rotatable bonds is 18. The maximum absolute atomic E-state index is 11.5. The van der Waals surface area contributed by atoms with Crippen molar-refractivity contribution in [1.29, 1.82) is 0 Å². The first-order chi connectivity index (χ1) is 52.1. The van der Waals surface area contributed by atoms with Gasteiger partial charge in [0.15, 0.2) is 4.34 Å². The molecule has 29 nitrogen and oxygen atoms in total. The van der Waals surface area contributed by atoms with Crippen LogP contribution in [0, 0.1) is 27.7 Å². The summed E-state index contributed by atoms with van der Waals surface area (Å²) in [7, 11) is -3.85. The highest BCUT2D eigenvalue weighted by Crippen LogP contribution is 2.45. The van der Waals surface area contributed by atoms with E-state index in [1.165, 1.54) is 107 Å². The number of carbonyl (C=O) groups is 5. The third-order valence-corrected chi connectivity index (χ3v) is 27.8. The minimum atomic E-state index is -1.15. The average Bonchev–Trinajstić information content (AvgIpc) is 1.16. The van der Waals surface area contributed by atoms with Gasteiger partial charge in [0, 0.05) is 34.8 Å². The maximum Gasteiger partial charge on any atom is 0.537 e. The van der Waals surface area contributed by atoms with E-state index in [4.69, 9.17) is 39.5 Å². The number of hydrogen-bond donors (Lipinski definition) is 12. The zero-order chi connectivity index (χ0) is 78.1. The summed E-state index contributed by atoms with van der Waals surface area (Å²) in [4.78, 5) is 65.3. The molecular formula is C66H69B5N8O21S9. The number of nitrogen functional groups attached to an aromatic ring is 2. The Morgan fingerprint density at radius 1 is 0.468 bits per heavy atom. The molecule has 5 atom stereocenters. The number of fused-ring (bicyclic) bond motifs is 5. The van der Waals surface area contributed by atoms with Crippen LogP contribution in [0.2, 0.25) is 0 Å². The lowest BCUT2D eigenvalue weighted by molar-refractivity contribution is 0.0679. The van der Waals surface area contributed by atoms with Crippen molar-refractivity contribution >= 4 is 180 Å². The molecule has 5 aliphatic heterocycles. The molecule has 9 heterocycles. The van der Waals surface area contributed by atoms with Gasteiger partial charge in [0.05, 0.1) is 32.9 Å². The van der Waals surface area contributed by atoms with E-state index in [0.29, 0.717) is 86.4 Å². The molecule has 14 N–H and O–H groups in total. The molecule has 1 fully saturated rings. The number of nitrogens with zero attached hydrogens (tertiary/aromatic N) is 6. The molecule has 0 bridgehead atoms. The molecule has 0 amide bonds. The lowest BCUT2D eigenvalue weighted by Crippen LogP contribution is -2.42. The number of benzene rings is 5. The molecule has 43 heteroatoms. The highest BCUT2D eigenvalue weighted by Gasteiger charge is 2.44. The van der Waals surface area contributed by atoms with E-state index in [0.717, 1.165) is 47.3 Å². The van der Waals surface area contributed by atoms with Crippen LogP contribution in [-0.4, -0.2) is 190 Å². The summed E-state index contributed by atoms with van der Waals surface area (Å²) in [5.74, 6) is -3.04. The number of ether oxygens (including phenoxy) is 1. The average molecular weight is 1650 g/mol. The van der Waals surface area contributed by atoms with Crippen LogP contribution in [0.5, 0.6) is 34.5 Å². The van der Waals surface area contributed by atoms with Crippen LogP contribution in [0.1, 0.15) is 126 Å². The fourth-order valence-electron chi connectivity index (χ4n) is 12.2. The van der Waals surface area contributed by atoms with Crippen LogP contribution in [0.15, 0.2) is 96.8 Å². The standard InChI is InChI=1S/C14H16BN3O5S2.C14H17BO4S.2C13H12BNO4S2.C12H12BN3O4S2/c1-22-8-3-2-7-6-9(15(21)23-12(7)11(8)13(19)20)24-5-4-10-17-18-14(16)25-10;1-8-5-6-9-7-11(20-10-3-2-4-10)15(18)19-13(9)12(8)14(16)17;2*1-7-2-3-8-6-9(21-13-15-4-5-20-13)14(18)19-11(8)10(7)12(16)17;1-5-2-3-6-4-7(21-12-16-15-11(14)22-12)13(19)20-9(6)8(5)10(17)18/h2-3,9,21H,4-6H2,1H3,(H2,16,18)(H,19,20);5-6,10-11,18H,2-4,7H2,1H3,(H,16,17);2*2-5,9,18H,6H2,1H3,(H,16,17);2-3,7,19H,4H2,1H3,(H2,14,15)(H,17,18)/t9-;11-;2*9-;7-/m00000/s1. The molecule has 1 saturated carbocycles. The second-order valence-corrected chi connectivity index (χ2v) is 36.3. The molecule has 0 unspecified atom stereocenters. The summed E-state index contributed by atoms with van der Waals surface area (Å²) in [6.45, 7) is 6.88. The SMILES string of the molecule is COc1ccc2c(c1C(=O)O)OB(O)[C@@H](SCCc1nnc(N)s1)C2.Cc1ccc2c(c1C(=O)O)OB(O)[C@@H](SC1CCC1)C2.Cc1ccc2c(c1C(=O)O)OB(O)[C@@H](Sc1nccs1)C2.Cc1ccc2c(c1C(=O)O)OB(O)[C@@H](Sc1nccs1)C2.Cc1ccc2c(c1C(=O)O)OB(O)[C@@H](Sc1nnc(N)s1)C2. The first kappa shape index (κ1) is 82.1. The fraction of sp³-hybridized carbons (Fsp3) is 0.318. The number of aromatic nitrogens is 6. The van der Waals surface area contributed by atoms with Crippen LogP contribution >= 0.6 is 104 Å². The molecule has 1 aliphatic carbocycles. The third-order valence-electron chi connectivity index (χ3n) is 17.7. The number of aromatic carboxylic acids is 5. The summed E-state index contributed by atoms with van der Waals surface area (Å²) < 4.78 is 35.0. The number of carboxylic acids is 5. The molecule has 15 rings (SSSR count). The number of aryl methyl sites for hydroxylation is 5. The van der Waals surface area contributed by atoms with Crippen molar-refractivity contribution in [3.05, 3.63) is 167 Å². The van der Waals surface area contributed by atoms with Crippen molar-refractivity contribution in [3.63, 3.8) is 0 Å². The van der Waals surface area contributed by atoms with E-state index >= 15 is 0 Å². The number of methoxy groups -OCH3 is 1. The monoisotopic (exact) mass is 1650 g/mol. The van der Waals surface area contributed by atoms with E-state index in [9.17, 15) is 74.6 Å². The van der Waals surface area contributed by atoms with E-state index in [1.54, 1.807) is 93.9 Å². The molecule has 6 aliphatic rings. The van der Waals surface area contributed by atoms with E-state index < -0.39 is 65.4 Å². The molecule has 0 saturated heterocycles. The highest BCUT2D eigenvalue weighted by atomic mass is 32.2. The number of carboxylic acid groups (broad SMARTS) is 5. The van der Waals surface area contributed by atoms with Gasteiger partial charge in [-0.2, -0.15) is 23.5 Å². The van der Waals surface area contributed by atoms with Gasteiger partial charge in [-0.05, 0) is 135 Å². The predicted molar refractivity (Wildman–Crippen MR) is 425 cm³/mol. The Kier molecular flexibility index (Phi) is 27.8. The molecule has 9 aromatic rings.